The Morgan fingerprint density at radius 1 is 1.00 bits per heavy atom. The molecule has 0 spiro atoms. The molecule has 1 N–H and O–H groups in total. The molecular formula is C14H10Br2F2O2. The van der Waals surface area contributed by atoms with Crippen molar-refractivity contribution in [1.29, 1.82) is 0 Å². The Labute approximate surface area is 131 Å². The summed E-state index contributed by atoms with van der Waals surface area (Å²) in [5.41, 5.74) is -0.0370. The molecule has 0 aromatic heterocycles. The fourth-order valence-electron chi connectivity index (χ4n) is 1.84. The van der Waals surface area contributed by atoms with E-state index in [1.165, 1.54) is 7.11 Å². The van der Waals surface area contributed by atoms with Gasteiger partial charge in [-0.1, -0.05) is 31.9 Å². The van der Waals surface area contributed by atoms with Crippen molar-refractivity contribution in [3.05, 3.63) is 62.0 Å². The molecule has 0 heterocycles. The molecule has 20 heavy (non-hydrogen) atoms. The van der Waals surface area contributed by atoms with E-state index in [1.54, 1.807) is 18.2 Å². The number of methoxy groups -OCH3 is 1. The SMILES string of the molecule is COc1cc(F)c(C(O)c2cc(Br)cc(Br)c2)c(F)c1. The van der Waals surface area contributed by atoms with Crippen LogP contribution in [0.3, 0.4) is 0 Å². The topological polar surface area (TPSA) is 29.5 Å². The molecule has 106 valence electrons. The van der Waals surface area contributed by atoms with Crippen LogP contribution < -0.4 is 4.74 Å². The second-order valence-electron chi connectivity index (χ2n) is 4.11. The minimum atomic E-state index is -1.41. The molecule has 0 radical (unpaired) electrons. The number of hydrogen-bond acceptors (Lipinski definition) is 2. The van der Waals surface area contributed by atoms with Gasteiger partial charge in [0.15, 0.2) is 0 Å². The number of aliphatic hydroxyl groups is 1. The maximum Gasteiger partial charge on any atom is 0.135 e. The van der Waals surface area contributed by atoms with Gasteiger partial charge >= 0.3 is 0 Å². The Kier molecular flexibility index (Phi) is 4.78. The zero-order chi connectivity index (χ0) is 14.9. The summed E-state index contributed by atoms with van der Waals surface area (Å²) in [7, 11) is 1.32. The zero-order valence-electron chi connectivity index (χ0n) is 10.3. The van der Waals surface area contributed by atoms with Gasteiger partial charge in [-0.05, 0) is 23.8 Å². The molecule has 0 aliphatic carbocycles. The van der Waals surface area contributed by atoms with E-state index < -0.39 is 23.3 Å². The molecule has 0 saturated carbocycles. The Hall–Kier alpha value is -0.980. The van der Waals surface area contributed by atoms with Crippen LogP contribution in [0.5, 0.6) is 5.75 Å². The predicted octanol–water partition coefficient (Wildman–Crippen LogP) is 4.58. The fraction of sp³-hybridized carbons (Fsp3) is 0.143. The first-order valence-electron chi connectivity index (χ1n) is 5.59. The molecule has 2 rings (SSSR count). The van der Waals surface area contributed by atoms with Crippen LogP contribution >= 0.6 is 31.9 Å². The first-order valence-corrected chi connectivity index (χ1v) is 7.18. The first-order chi connectivity index (χ1) is 9.42. The van der Waals surface area contributed by atoms with Crippen LogP contribution in [0.15, 0.2) is 39.3 Å². The molecule has 2 nitrogen and oxygen atoms in total. The van der Waals surface area contributed by atoms with Crippen LogP contribution in [0.4, 0.5) is 8.78 Å². The van der Waals surface area contributed by atoms with Crippen LogP contribution in [-0.2, 0) is 0 Å². The molecule has 0 bridgehead atoms. The Bertz CT molecular complexity index is 604. The van der Waals surface area contributed by atoms with Gasteiger partial charge in [0.25, 0.3) is 0 Å². The smallest absolute Gasteiger partial charge is 0.135 e. The third kappa shape index (κ3) is 3.19. The summed E-state index contributed by atoms with van der Waals surface area (Å²) in [5.74, 6) is -1.65. The molecule has 0 saturated heterocycles. The van der Waals surface area contributed by atoms with Gasteiger partial charge in [-0.25, -0.2) is 8.78 Å². The highest BCUT2D eigenvalue weighted by Gasteiger charge is 2.21. The molecular weight excluding hydrogens is 398 g/mol. The van der Waals surface area contributed by atoms with Crippen LogP contribution in [0, 0.1) is 11.6 Å². The monoisotopic (exact) mass is 406 g/mol. The average molecular weight is 408 g/mol. The molecule has 6 heteroatoms. The zero-order valence-corrected chi connectivity index (χ0v) is 13.5. The van der Waals surface area contributed by atoms with Crippen molar-refractivity contribution >= 4 is 31.9 Å². The summed E-state index contributed by atoms with van der Waals surface area (Å²) in [6.07, 6.45) is -1.41. The van der Waals surface area contributed by atoms with E-state index >= 15 is 0 Å². The third-order valence-corrected chi connectivity index (χ3v) is 3.68. The highest BCUT2D eigenvalue weighted by Crippen LogP contribution is 2.32. The lowest BCUT2D eigenvalue weighted by atomic mass is 10.0. The van der Waals surface area contributed by atoms with E-state index in [1.807, 2.05) is 0 Å². The lowest BCUT2D eigenvalue weighted by Crippen LogP contribution is -2.06. The Balaban J connectivity index is 2.50. The summed E-state index contributed by atoms with van der Waals surface area (Å²) in [4.78, 5) is 0. The van der Waals surface area contributed by atoms with Crippen molar-refractivity contribution in [1.82, 2.24) is 0 Å². The van der Waals surface area contributed by atoms with Crippen LogP contribution in [0.1, 0.15) is 17.2 Å². The molecule has 0 fully saturated rings. The summed E-state index contributed by atoms with van der Waals surface area (Å²) in [6, 6.07) is 7.03. The Morgan fingerprint density at radius 3 is 1.95 bits per heavy atom. The van der Waals surface area contributed by atoms with Crippen LogP contribution in [0.25, 0.3) is 0 Å². The third-order valence-electron chi connectivity index (χ3n) is 2.76. The number of rotatable bonds is 3. The van der Waals surface area contributed by atoms with Gasteiger partial charge in [0, 0.05) is 21.1 Å². The van der Waals surface area contributed by atoms with Crippen molar-refractivity contribution < 1.29 is 18.6 Å². The van der Waals surface area contributed by atoms with E-state index in [9.17, 15) is 13.9 Å². The standard InChI is InChI=1S/C14H10Br2F2O2/c1-20-10-5-11(17)13(12(18)6-10)14(19)7-2-8(15)4-9(16)3-7/h2-6,14,19H,1H3. The number of aliphatic hydroxyl groups excluding tert-OH is 1. The highest BCUT2D eigenvalue weighted by atomic mass is 79.9. The Morgan fingerprint density at radius 2 is 1.50 bits per heavy atom. The maximum absolute atomic E-state index is 13.9. The maximum atomic E-state index is 13.9. The number of benzene rings is 2. The molecule has 1 unspecified atom stereocenters. The summed E-state index contributed by atoms with van der Waals surface area (Å²) in [5, 5.41) is 10.2. The quantitative estimate of drug-likeness (QED) is 0.806. The van der Waals surface area contributed by atoms with Gasteiger partial charge in [-0.2, -0.15) is 0 Å². The number of halogens is 4. The first kappa shape index (κ1) is 15.4. The summed E-state index contributed by atoms with van der Waals surface area (Å²) in [6.45, 7) is 0. The van der Waals surface area contributed by atoms with Gasteiger partial charge in [0.05, 0.1) is 12.7 Å². The molecule has 1 atom stereocenters. The predicted molar refractivity (Wildman–Crippen MR) is 78.8 cm³/mol. The van der Waals surface area contributed by atoms with Crippen LogP contribution in [0.2, 0.25) is 0 Å². The highest BCUT2D eigenvalue weighted by molar-refractivity contribution is 9.11. The molecule has 0 aliphatic rings. The molecule has 0 amide bonds. The average Bonchev–Trinajstić information content (AvgIpc) is 2.36. The van der Waals surface area contributed by atoms with Gasteiger partial charge in [-0.3, -0.25) is 0 Å². The largest absolute Gasteiger partial charge is 0.497 e. The van der Waals surface area contributed by atoms with Crippen molar-refractivity contribution in [3.63, 3.8) is 0 Å². The molecule has 2 aromatic carbocycles. The van der Waals surface area contributed by atoms with E-state index in [0.29, 0.717) is 14.5 Å². The van der Waals surface area contributed by atoms with Crippen molar-refractivity contribution in [2.45, 2.75) is 6.10 Å². The normalized spacial score (nSPS) is 12.3. The minimum Gasteiger partial charge on any atom is -0.497 e. The fourth-order valence-corrected chi connectivity index (χ4v) is 3.17. The number of hydrogen-bond donors (Lipinski definition) is 1. The van der Waals surface area contributed by atoms with Crippen LogP contribution in [-0.4, -0.2) is 12.2 Å². The van der Waals surface area contributed by atoms with Gasteiger partial charge < -0.3 is 9.84 Å². The van der Waals surface area contributed by atoms with Crippen molar-refractivity contribution in [2.24, 2.45) is 0 Å². The summed E-state index contributed by atoms with van der Waals surface area (Å²) < 4.78 is 34.0. The molecule has 2 aromatic rings. The van der Waals surface area contributed by atoms with Gasteiger partial charge in [0.1, 0.15) is 23.5 Å². The van der Waals surface area contributed by atoms with E-state index in [0.717, 1.165) is 12.1 Å². The summed E-state index contributed by atoms with van der Waals surface area (Å²) >= 11 is 6.53. The van der Waals surface area contributed by atoms with E-state index in [2.05, 4.69) is 31.9 Å². The van der Waals surface area contributed by atoms with Gasteiger partial charge in [-0.15, -0.1) is 0 Å². The van der Waals surface area contributed by atoms with Crippen molar-refractivity contribution in [3.8, 4) is 5.75 Å². The second-order valence-corrected chi connectivity index (χ2v) is 5.94. The number of ether oxygens (including phenoxy) is 1. The lowest BCUT2D eigenvalue weighted by molar-refractivity contribution is 0.208. The second kappa shape index (κ2) is 6.20. The van der Waals surface area contributed by atoms with Crippen molar-refractivity contribution in [2.75, 3.05) is 7.11 Å². The molecule has 0 aliphatic heterocycles. The van der Waals surface area contributed by atoms with E-state index in [4.69, 9.17) is 4.74 Å². The lowest BCUT2D eigenvalue weighted by Gasteiger charge is -2.15. The van der Waals surface area contributed by atoms with Gasteiger partial charge in [0.2, 0.25) is 0 Å². The van der Waals surface area contributed by atoms with E-state index in [-0.39, 0.29) is 5.75 Å². The minimum absolute atomic E-state index is 0.0615.